The molecule has 1 aromatic heterocycles. The van der Waals surface area contributed by atoms with Gasteiger partial charge in [-0.15, -0.1) is 0 Å². The van der Waals surface area contributed by atoms with E-state index in [1.165, 1.54) is 5.56 Å². The number of benzene rings is 1. The smallest absolute Gasteiger partial charge is 0.105 e. The normalized spacial score (nSPS) is 12.6. The topological polar surface area (TPSA) is 42.4 Å². The van der Waals surface area contributed by atoms with E-state index < -0.39 is 0 Å². The predicted molar refractivity (Wildman–Crippen MR) is 85.7 cm³/mol. The highest BCUT2D eigenvalue weighted by molar-refractivity contribution is 7.80. The first kappa shape index (κ1) is 14.8. The number of rotatable bonds is 6. The highest BCUT2D eigenvalue weighted by atomic mass is 32.1. The molecule has 2 rings (SSSR count). The van der Waals surface area contributed by atoms with Gasteiger partial charge in [-0.25, -0.2) is 0 Å². The molecule has 0 spiro atoms. The minimum Gasteiger partial charge on any atom is -0.469 e. The van der Waals surface area contributed by atoms with Crippen LogP contribution in [0.1, 0.15) is 22.8 Å². The lowest BCUT2D eigenvalue weighted by Crippen LogP contribution is -2.31. The molecule has 0 aliphatic rings. The molecule has 1 aromatic carbocycles. The van der Waals surface area contributed by atoms with Crippen molar-refractivity contribution in [3.63, 3.8) is 0 Å². The zero-order chi connectivity index (χ0) is 14.5. The molecule has 0 fully saturated rings. The molecule has 0 radical (unpaired) electrons. The molecule has 0 aliphatic carbocycles. The van der Waals surface area contributed by atoms with Gasteiger partial charge in [-0.1, -0.05) is 42.5 Å². The lowest BCUT2D eigenvalue weighted by molar-refractivity contribution is 0.321. The average molecular weight is 288 g/mol. The van der Waals surface area contributed by atoms with Crippen molar-refractivity contribution < 1.29 is 4.42 Å². The molecule has 2 aromatic rings. The first-order chi connectivity index (χ1) is 9.58. The standard InChI is InChI=1S/C16H20N2OS/c1-12-14(8-9-19-12)10-18(2)11-15(16(17)20)13-6-4-3-5-7-13/h3-9,15H,10-11H2,1-2H3,(H2,17,20). The molecule has 0 amide bonds. The molecule has 1 atom stereocenters. The van der Waals surface area contributed by atoms with Crippen LogP contribution in [0, 0.1) is 6.92 Å². The van der Waals surface area contributed by atoms with Gasteiger partial charge in [0.25, 0.3) is 0 Å². The minimum atomic E-state index is 0.0726. The van der Waals surface area contributed by atoms with Crippen LogP contribution in [0.2, 0.25) is 0 Å². The number of nitrogens with zero attached hydrogens (tertiary/aromatic N) is 1. The Morgan fingerprint density at radius 2 is 2.00 bits per heavy atom. The first-order valence-electron chi connectivity index (χ1n) is 6.63. The Morgan fingerprint density at radius 1 is 1.30 bits per heavy atom. The Bertz CT molecular complexity index is 565. The largest absolute Gasteiger partial charge is 0.469 e. The van der Waals surface area contributed by atoms with Gasteiger partial charge in [0.05, 0.1) is 11.3 Å². The molecule has 4 heteroatoms. The summed E-state index contributed by atoms with van der Waals surface area (Å²) in [5, 5.41) is 0. The van der Waals surface area contributed by atoms with E-state index in [9.17, 15) is 0 Å². The summed E-state index contributed by atoms with van der Waals surface area (Å²) in [7, 11) is 2.07. The zero-order valence-electron chi connectivity index (χ0n) is 11.9. The lowest BCUT2D eigenvalue weighted by Gasteiger charge is -2.23. The third kappa shape index (κ3) is 3.68. The Hall–Kier alpha value is -1.65. The summed E-state index contributed by atoms with van der Waals surface area (Å²) in [4.78, 5) is 2.75. The van der Waals surface area contributed by atoms with Gasteiger partial charge in [-0.3, -0.25) is 0 Å². The average Bonchev–Trinajstić information content (AvgIpc) is 2.82. The fourth-order valence-corrected chi connectivity index (χ4v) is 2.50. The third-order valence-electron chi connectivity index (χ3n) is 3.45. The van der Waals surface area contributed by atoms with Crippen molar-refractivity contribution in [3.05, 3.63) is 59.5 Å². The van der Waals surface area contributed by atoms with Crippen LogP contribution in [0.15, 0.2) is 47.1 Å². The third-order valence-corrected chi connectivity index (χ3v) is 3.73. The van der Waals surface area contributed by atoms with Crippen molar-refractivity contribution in [2.45, 2.75) is 19.4 Å². The maximum atomic E-state index is 5.91. The molecule has 1 unspecified atom stereocenters. The summed E-state index contributed by atoms with van der Waals surface area (Å²) in [6.45, 7) is 3.60. The highest BCUT2D eigenvalue weighted by Gasteiger charge is 2.17. The van der Waals surface area contributed by atoms with Gasteiger partial charge < -0.3 is 15.1 Å². The molecule has 20 heavy (non-hydrogen) atoms. The quantitative estimate of drug-likeness (QED) is 0.830. The molecule has 0 saturated carbocycles. The molecule has 2 N–H and O–H groups in total. The number of hydrogen-bond acceptors (Lipinski definition) is 3. The van der Waals surface area contributed by atoms with Crippen LogP contribution < -0.4 is 5.73 Å². The summed E-state index contributed by atoms with van der Waals surface area (Å²) < 4.78 is 5.33. The summed E-state index contributed by atoms with van der Waals surface area (Å²) >= 11 is 5.22. The molecular weight excluding hydrogens is 268 g/mol. The van der Waals surface area contributed by atoms with E-state index in [0.29, 0.717) is 4.99 Å². The van der Waals surface area contributed by atoms with Gasteiger partial charge in [0.1, 0.15) is 5.76 Å². The predicted octanol–water partition coefficient (Wildman–Crippen LogP) is 3.09. The summed E-state index contributed by atoms with van der Waals surface area (Å²) in [5.74, 6) is 1.03. The SMILES string of the molecule is Cc1occc1CN(C)CC(C(N)=S)c1ccccc1. The number of thiocarbonyl (C=S) groups is 1. The van der Waals surface area contributed by atoms with E-state index in [4.69, 9.17) is 22.4 Å². The van der Waals surface area contributed by atoms with Crippen molar-refractivity contribution in [2.24, 2.45) is 5.73 Å². The van der Waals surface area contributed by atoms with E-state index >= 15 is 0 Å². The van der Waals surface area contributed by atoms with E-state index in [0.717, 1.165) is 24.4 Å². The summed E-state index contributed by atoms with van der Waals surface area (Å²) in [6.07, 6.45) is 1.72. The van der Waals surface area contributed by atoms with Crippen molar-refractivity contribution in [3.8, 4) is 0 Å². The van der Waals surface area contributed by atoms with Gasteiger partial charge in [0, 0.05) is 24.6 Å². The summed E-state index contributed by atoms with van der Waals surface area (Å²) in [5.41, 5.74) is 8.27. The van der Waals surface area contributed by atoms with E-state index in [1.807, 2.05) is 31.2 Å². The number of hydrogen-bond donors (Lipinski definition) is 1. The molecule has 0 saturated heterocycles. The second kappa shape index (κ2) is 6.68. The van der Waals surface area contributed by atoms with Crippen LogP contribution in [-0.2, 0) is 6.54 Å². The minimum absolute atomic E-state index is 0.0726. The Morgan fingerprint density at radius 3 is 2.55 bits per heavy atom. The van der Waals surface area contributed by atoms with Gasteiger partial charge in [-0.05, 0) is 25.6 Å². The maximum absolute atomic E-state index is 5.91. The van der Waals surface area contributed by atoms with Crippen molar-refractivity contribution in [1.29, 1.82) is 0 Å². The van der Waals surface area contributed by atoms with Crippen LogP contribution in [0.4, 0.5) is 0 Å². The Balaban J connectivity index is 2.05. The fraction of sp³-hybridized carbons (Fsp3) is 0.312. The van der Waals surface area contributed by atoms with E-state index in [2.05, 4.69) is 24.1 Å². The van der Waals surface area contributed by atoms with Gasteiger partial charge in [0.2, 0.25) is 0 Å². The Kier molecular flexibility index (Phi) is 4.93. The van der Waals surface area contributed by atoms with Gasteiger partial charge in [-0.2, -0.15) is 0 Å². The molecule has 0 bridgehead atoms. The first-order valence-corrected chi connectivity index (χ1v) is 7.04. The monoisotopic (exact) mass is 288 g/mol. The second-order valence-corrected chi connectivity index (χ2v) is 5.54. The van der Waals surface area contributed by atoms with Crippen molar-refractivity contribution >= 4 is 17.2 Å². The fourth-order valence-electron chi connectivity index (χ4n) is 2.29. The molecule has 106 valence electrons. The van der Waals surface area contributed by atoms with Crippen LogP contribution in [-0.4, -0.2) is 23.5 Å². The lowest BCUT2D eigenvalue weighted by atomic mass is 9.98. The molecular formula is C16H20N2OS. The summed E-state index contributed by atoms with van der Waals surface area (Å²) in [6, 6.07) is 12.2. The number of aryl methyl sites for hydroxylation is 1. The van der Waals surface area contributed by atoms with Crippen LogP contribution in [0.25, 0.3) is 0 Å². The molecule has 1 heterocycles. The second-order valence-electron chi connectivity index (χ2n) is 5.06. The van der Waals surface area contributed by atoms with Crippen LogP contribution in [0.5, 0.6) is 0 Å². The van der Waals surface area contributed by atoms with Crippen LogP contribution in [0.3, 0.4) is 0 Å². The van der Waals surface area contributed by atoms with Crippen LogP contribution >= 0.6 is 12.2 Å². The number of nitrogens with two attached hydrogens (primary N) is 1. The molecule has 3 nitrogen and oxygen atoms in total. The van der Waals surface area contributed by atoms with E-state index in [1.54, 1.807) is 6.26 Å². The molecule has 0 aliphatic heterocycles. The number of furan rings is 1. The zero-order valence-corrected chi connectivity index (χ0v) is 12.7. The highest BCUT2D eigenvalue weighted by Crippen LogP contribution is 2.19. The Labute approximate surface area is 125 Å². The van der Waals surface area contributed by atoms with Crippen molar-refractivity contribution in [1.82, 2.24) is 4.90 Å². The van der Waals surface area contributed by atoms with E-state index in [-0.39, 0.29) is 5.92 Å². The number of likely N-dealkylation sites (N-methyl/N-ethyl adjacent to an activating group) is 1. The maximum Gasteiger partial charge on any atom is 0.105 e. The van der Waals surface area contributed by atoms with Gasteiger partial charge in [0.15, 0.2) is 0 Å². The van der Waals surface area contributed by atoms with Crippen molar-refractivity contribution in [2.75, 3.05) is 13.6 Å². The van der Waals surface area contributed by atoms with Gasteiger partial charge >= 0.3 is 0 Å².